The third kappa shape index (κ3) is 2.33. The van der Waals surface area contributed by atoms with E-state index >= 15 is 0 Å². The van der Waals surface area contributed by atoms with Gasteiger partial charge in [0.1, 0.15) is 23.6 Å². The smallest absolute Gasteiger partial charge is 0.132 e. The van der Waals surface area contributed by atoms with Crippen molar-refractivity contribution in [3.8, 4) is 5.75 Å². The Labute approximate surface area is 114 Å². The average molecular weight is 335 g/mol. The van der Waals surface area contributed by atoms with Gasteiger partial charge in [0, 0.05) is 17.7 Å². The Morgan fingerprint density at radius 3 is 2.44 bits per heavy atom. The van der Waals surface area contributed by atoms with Crippen LogP contribution in [0.1, 0.15) is 18.6 Å². The monoisotopic (exact) mass is 335 g/mol. The maximum absolute atomic E-state index is 9.91. The summed E-state index contributed by atoms with van der Waals surface area (Å²) < 4.78 is 6.27. The number of fused-ring (bicyclic) bond motifs is 1. The lowest BCUT2D eigenvalue weighted by molar-refractivity contribution is -0.00000494. The number of quaternary nitrogens is 1. The summed E-state index contributed by atoms with van der Waals surface area (Å²) in [5, 5.41) is 9.91. The summed E-state index contributed by atoms with van der Waals surface area (Å²) >= 11 is 0. The van der Waals surface area contributed by atoms with E-state index in [2.05, 4.69) is 21.1 Å². The lowest BCUT2D eigenvalue weighted by atomic mass is 10.1. The van der Waals surface area contributed by atoms with Crippen molar-refractivity contribution in [2.75, 3.05) is 21.1 Å². The van der Waals surface area contributed by atoms with E-state index in [-0.39, 0.29) is 30.1 Å². The molecule has 0 radical (unpaired) electrons. The number of halogens is 1. The molecule has 3 nitrogen and oxygen atoms in total. The first kappa shape index (κ1) is 13.7. The molecule has 1 aliphatic heterocycles. The molecule has 4 heteroatoms. The minimum absolute atomic E-state index is 0. The van der Waals surface area contributed by atoms with E-state index in [1.807, 2.05) is 25.1 Å². The van der Waals surface area contributed by atoms with E-state index in [0.717, 1.165) is 15.8 Å². The number of hydrogen-bond donors (Lipinski definition) is 1. The van der Waals surface area contributed by atoms with Crippen LogP contribution in [0.4, 0.5) is 5.69 Å². The van der Waals surface area contributed by atoms with Gasteiger partial charge in [0.2, 0.25) is 0 Å². The number of aliphatic hydroxyl groups is 1. The standard InChI is InChI=1S/C12H18NO2.HI/c1-8-12(14)10-7-9(13(2,3)4)5-6-11(10)15-8;/h5-8,12,14H,1-4H3;1H/q+1;/p-1/t8-,12-;/m1./s1. The Morgan fingerprint density at radius 1 is 1.25 bits per heavy atom. The van der Waals surface area contributed by atoms with Crippen molar-refractivity contribution in [2.45, 2.75) is 19.1 Å². The van der Waals surface area contributed by atoms with Crippen LogP contribution in [-0.4, -0.2) is 32.4 Å². The molecule has 0 amide bonds. The van der Waals surface area contributed by atoms with E-state index in [1.165, 1.54) is 5.69 Å². The molecule has 0 aliphatic carbocycles. The zero-order valence-electron chi connectivity index (χ0n) is 10.1. The summed E-state index contributed by atoms with van der Waals surface area (Å²) in [5.41, 5.74) is 2.08. The van der Waals surface area contributed by atoms with Gasteiger partial charge in [-0.15, -0.1) is 0 Å². The molecule has 2 rings (SSSR count). The van der Waals surface area contributed by atoms with E-state index in [9.17, 15) is 5.11 Å². The first-order valence-electron chi connectivity index (χ1n) is 5.20. The molecule has 0 bridgehead atoms. The molecule has 0 unspecified atom stereocenters. The van der Waals surface area contributed by atoms with Crippen molar-refractivity contribution in [2.24, 2.45) is 0 Å². The predicted molar refractivity (Wildman–Crippen MR) is 61.1 cm³/mol. The summed E-state index contributed by atoms with van der Waals surface area (Å²) in [5.74, 6) is 0.812. The maximum atomic E-state index is 9.91. The van der Waals surface area contributed by atoms with Gasteiger partial charge in [0.15, 0.2) is 0 Å². The minimum Gasteiger partial charge on any atom is -1.00 e. The van der Waals surface area contributed by atoms with Crippen LogP contribution in [-0.2, 0) is 0 Å². The van der Waals surface area contributed by atoms with Crippen LogP contribution in [0.2, 0.25) is 0 Å². The van der Waals surface area contributed by atoms with E-state index in [0.29, 0.717) is 0 Å². The number of aliphatic hydroxyl groups excluding tert-OH is 1. The highest BCUT2D eigenvalue weighted by molar-refractivity contribution is 5.52. The molecule has 16 heavy (non-hydrogen) atoms. The lowest BCUT2D eigenvalue weighted by Crippen LogP contribution is -3.00. The SMILES string of the molecule is C[C@H]1Oc2ccc([N+](C)(C)C)cc2[C@@H]1O.[I-]. The van der Waals surface area contributed by atoms with Crippen LogP contribution in [0.15, 0.2) is 18.2 Å². The van der Waals surface area contributed by atoms with Gasteiger partial charge in [-0.25, -0.2) is 0 Å². The third-order valence-corrected chi connectivity index (χ3v) is 2.84. The molecule has 1 N–H and O–H groups in total. The predicted octanol–water partition coefficient (Wildman–Crippen LogP) is -1.30. The summed E-state index contributed by atoms with van der Waals surface area (Å²) in [6.45, 7) is 1.89. The fourth-order valence-electron chi connectivity index (χ4n) is 1.81. The van der Waals surface area contributed by atoms with Crippen molar-refractivity contribution < 1.29 is 33.8 Å². The first-order chi connectivity index (χ1) is 6.89. The molecule has 1 aromatic carbocycles. The van der Waals surface area contributed by atoms with Crippen molar-refractivity contribution in [3.63, 3.8) is 0 Å². The van der Waals surface area contributed by atoms with Gasteiger partial charge >= 0.3 is 0 Å². The quantitative estimate of drug-likeness (QED) is 0.511. The van der Waals surface area contributed by atoms with E-state index in [1.54, 1.807) is 0 Å². The van der Waals surface area contributed by atoms with Gasteiger partial charge in [-0.2, -0.15) is 0 Å². The molecule has 1 heterocycles. The summed E-state index contributed by atoms with van der Waals surface area (Å²) in [6, 6.07) is 6.02. The Morgan fingerprint density at radius 2 is 1.88 bits per heavy atom. The topological polar surface area (TPSA) is 29.5 Å². The normalized spacial score (nSPS) is 23.3. The molecular formula is C12H18INO2. The van der Waals surface area contributed by atoms with Gasteiger partial charge in [0.05, 0.1) is 21.1 Å². The molecule has 1 aromatic rings. The van der Waals surface area contributed by atoms with Gasteiger partial charge in [0.25, 0.3) is 0 Å². The van der Waals surface area contributed by atoms with Crippen molar-refractivity contribution in [1.82, 2.24) is 4.48 Å². The highest BCUT2D eigenvalue weighted by Gasteiger charge is 2.30. The molecule has 0 aromatic heterocycles. The lowest BCUT2D eigenvalue weighted by Gasteiger charge is -2.23. The zero-order chi connectivity index (χ0) is 11.2. The number of benzene rings is 1. The molecule has 2 atom stereocenters. The fraction of sp³-hybridized carbons (Fsp3) is 0.500. The van der Waals surface area contributed by atoms with Crippen LogP contribution in [0.25, 0.3) is 0 Å². The van der Waals surface area contributed by atoms with Gasteiger partial charge in [-0.05, 0) is 13.0 Å². The van der Waals surface area contributed by atoms with Gasteiger partial charge in [-0.1, -0.05) is 0 Å². The largest absolute Gasteiger partial charge is 1.00 e. The first-order valence-corrected chi connectivity index (χ1v) is 5.20. The average Bonchev–Trinajstić information content (AvgIpc) is 2.41. The zero-order valence-corrected chi connectivity index (χ0v) is 12.2. The van der Waals surface area contributed by atoms with Gasteiger partial charge in [-0.3, -0.25) is 4.48 Å². The van der Waals surface area contributed by atoms with Crippen molar-refractivity contribution >= 4 is 5.69 Å². The number of hydrogen-bond acceptors (Lipinski definition) is 2. The molecule has 0 spiro atoms. The Balaban J connectivity index is 0.00000128. The molecule has 1 aliphatic rings. The minimum atomic E-state index is -0.494. The highest BCUT2D eigenvalue weighted by Crippen LogP contribution is 2.39. The second kappa shape index (κ2) is 4.50. The summed E-state index contributed by atoms with van der Waals surface area (Å²) in [4.78, 5) is 0. The highest BCUT2D eigenvalue weighted by atomic mass is 127. The second-order valence-corrected chi connectivity index (χ2v) is 5.00. The van der Waals surface area contributed by atoms with Gasteiger partial charge < -0.3 is 33.8 Å². The molecule has 0 saturated heterocycles. The second-order valence-electron chi connectivity index (χ2n) is 5.00. The summed E-state index contributed by atoms with van der Waals surface area (Å²) in [7, 11) is 6.31. The van der Waals surface area contributed by atoms with Crippen LogP contribution < -0.4 is 33.2 Å². The molecule has 0 fully saturated rings. The third-order valence-electron chi connectivity index (χ3n) is 2.84. The number of nitrogens with zero attached hydrogens (tertiary/aromatic N) is 1. The molecule has 90 valence electrons. The van der Waals surface area contributed by atoms with Crippen molar-refractivity contribution in [3.05, 3.63) is 23.8 Å². The molecule has 0 saturated carbocycles. The fourth-order valence-corrected chi connectivity index (χ4v) is 1.81. The Hall–Kier alpha value is -0.330. The Kier molecular flexibility index (Phi) is 3.87. The summed E-state index contributed by atoms with van der Waals surface area (Å²) in [6.07, 6.45) is -0.630. The van der Waals surface area contributed by atoms with Crippen LogP contribution in [0.5, 0.6) is 5.75 Å². The number of rotatable bonds is 1. The van der Waals surface area contributed by atoms with Crippen LogP contribution in [0.3, 0.4) is 0 Å². The van der Waals surface area contributed by atoms with E-state index < -0.39 is 6.10 Å². The van der Waals surface area contributed by atoms with Crippen molar-refractivity contribution in [1.29, 1.82) is 0 Å². The van der Waals surface area contributed by atoms with Crippen LogP contribution in [0, 0.1) is 0 Å². The maximum Gasteiger partial charge on any atom is 0.132 e. The number of ether oxygens (including phenoxy) is 1. The van der Waals surface area contributed by atoms with Crippen LogP contribution >= 0.6 is 0 Å². The van der Waals surface area contributed by atoms with E-state index in [4.69, 9.17) is 4.74 Å². The molecular weight excluding hydrogens is 317 g/mol. The Bertz CT molecular complexity index is 387.